The van der Waals surface area contributed by atoms with E-state index in [1.165, 1.54) is 11.1 Å². The number of nitrogens with zero attached hydrogens (tertiary/aromatic N) is 3. The number of benzene rings is 2. The van der Waals surface area contributed by atoms with Crippen LogP contribution in [0.4, 0.5) is 0 Å². The van der Waals surface area contributed by atoms with E-state index in [1.807, 2.05) is 28.8 Å². The number of para-hydroxylation sites is 1. The lowest BCUT2D eigenvalue weighted by atomic mass is 10.0. The average Bonchev–Trinajstić information content (AvgIpc) is 2.80. The van der Waals surface area contributed by atoms with Crippen LogP contribution < -0.4 is 5.56 Å². The summed E-state index contributed by atoms with van der Waals surface area (Å²) in [6, 6.07) is 16.4. The molecule has 1 aliphatic heterocycles. The molecule has 0 aliphatic carbocycles. The second kappa shape index (κ2) is 10.4. The summed E-state index contributed by atoms with van der Waals surface area (Å²) in [7, 11) is 0. The van der Waals surface area contributed by atoms with Crippen molar-refractivity contribution in [2.45, 2.75) is 43.6 Å². The van der Waals surface area contributed by atoms with Gasteiger partial charge in [-0.2, -0.15) is 0 Å². The van der Waals surface area contributed by atoms with Gasteiger partial charge in [0.2, 0.25) is 0 Å². The SMILES string of the molecule is CC(C)c1ccc(CSc2nc3ccccc3c(=O)n2CCCN2CCOCC2)cc1. The van der Waals surface area contributed by atoms with Crippen LogP contribution in [0.3, 0.4) is 0 Å². The van der Waals surface area contributed by atoms with E-state index < -0.39 is 0 Å². The fraction of sp³-hybridized carbons (Fsp3) is 0.440. The Bertz CT molecular complexity index is 1060. The molecule has 2 aromatic carbocycles. The molecular formula is C25H31N3O2S. The summed E-state index contributed by atoms with van der Waals surface area (Å²) in [5, 5.41) is 1.50. The highest BCUT2D eigenvalue weighted by Gasteiger charge is 2.14. The zero-order valence-corrected chi connectivity index (χ0v) is 19.2. The number of thioether (sulfide) groups is 1. The van der Waals surface area contributed by atoms with Gasteiger partial charge < -0.3 is 4.74 Å². The van der Waals surface area contributed by atoms with E-state index in [-0.39, 0.29) is 5.56 Å². The molecule has 0 bridgehead atoms. The zero-order valence-electron chi connectivity index (χ0n) is 18.4. The van der Waals surface area contributed by atoms with Gasteiger partial charge in [-0.1, -0.05) is 62.0 Å². The smallest absolute Gasteiger partial charge is 0.262 e. The van der Waals surface area contributed by atoms with Crippen molar-refractivity contribution in [3.8, 4) is 0 Å². The van der Waals surface area contributed by atoms with Crippen molar-refractivity contribution in [2.75, 3.05) is 32.8 Å². The van der Waals surface area contributed by atoms with Gasteiger partial charge in [0.05, 0.1) is 24.1 Å². The maximum Gasteiger partial charge on any atom is 0.262 e. The van der Waals surface area contributed by atoms with Gasteiger partial charge in [0, 0.05) is 31.9 Å². The van der Waals surface area contributed by atoms with Crippen LogP contribution in [-0.2, 0) is 17.0 Å². The molecular weight excluding hydrogens is 406 g/mol. The number of ether oxygens (including phenoxy) is 1. The highest BCUT2D eigenvalue weighted by atomic mass is 32.2. The number of fused-ring (bicyclic) bond motifs is 1. The van der Waals surface area contributed by atoms with Gasteiger partial charge in [-0.05, 0) is 35.6 Å². The number of aromatic nitrogens is 2. The average molecular weight is 438 g/mol. The van der Waals surface area contributed by atoms with Gasteiger partial charge in [0.1, 0.15) is 0 Å². The molecule has 31 heavy (non-hydrogen) atoms. The van der Waals surface area contributed by atoms with E-state index in [9.17, 15) is 4.79 Å². The highest BCUT2D eigenvalue weighted by molar-refractivity contribution is 7.98. The maximum atomic E-state index is 13.2. The molecule has 0 spiro atoms. The summed E-state index contributed by atoms with van der Waals surface area (Å²) in [5.74, 6) is 1.33. The van der Waals surface area contributed by atoms with Crippen LogP contribution in [0.5, 0.6) is 0 Å². The fourth-order valence-electron chi connectivity index (χ4n) is 3.88. The van der Waals surface area contributed by atoms with Crippen LogP contribution in [0.2, 0.25) is 0 Å². The van der Waals surface area contributed by atoms with Crippen molar-refractivity contribution in [2.24, 2.45) is 0 Å². The third-order valence-electron chi connectivity index (χ3n) is 5.80. The molecule has 1 saturated heterocycles. The Balaban J connectivity index is 1.52. The zero-order chi connectivity index (χ0) is 21.6. The predicted molar refractivity (Wildman–Crippen MR) is 128 cm³/mol. The molecule has 0 amide bonds. The second-order valence-corrected chi connectivity index (χ2v) is 9.30. The van der Waals surface area contributed by atoms with Crippen molar-refractivity contribution in [1.29, 1.82) is 0 Å². The van der Waals surface area contributed by atoms with Crippen molar-refractivity contribution in [1.82, 2.24) is 14.5 Å². The van der Waals surface area contributed by atoms with Crippen LogP contribution in [0, 0.1) is 0 Å². The Morgan fingerprint density at radius 3 is 2.52 bits per heavy atom. The van der Waals surface area contributed by atoms with E-state index in [2.05, 4.69) is 43.0 Å². The monoisotopic (exact) mass is 437 g/mol. The molecule has 0 N–H and O–H groups in total. The number of hydrogen-bond acceptors (Lipinski definition) is 5. The molecule has 1 aliphatic rings. The number of morpholine rings is 1. The first-order valence-corrected chi connectivity index (χ1v) is 12.1. The molecule has 0 unspecified atom stereocenters. The molecule has 3 aromatic rings. The Labute approximate surface area is 188 Å². The summed E-state index contributed by atoms with van der Waals surface area (Å²) >= 11 is 1.65. The minimum Gasteiger partial charge on any atom is -0.379 e. The number of hydrogen-bond donors (Lipinski definition) is 0. The van der Waals surface area contributed by atoms with Gasteiger partial charge in [-0.3, -0.25) is 14.3 Å². The maximum absolute atomic E-state index is 13.2. The van der Waals surface area contributed by atoms with Crippen molar-refractivity contribution >= 4 is 22.7 Å². The lowest BCUT2D eigenvalue weighted by Gasteiger charge is -2.26. The summed E-state index contributed by atoms with van der Waals surface area (Å²) < 4.78 is 7.31. The first-order valence-electron chi connectivity index (χ1n) is 11.1. The van der Waals surface area contributed by atoms with Crippen LogP contribution in [0.1, 0.15) is 37.3 Å². The first kappa shape index (κ1) is 22.1. The minimum absolute atomic E-state index is 0.0604. The summed E-state index contributed by atoms with van der Waals surface area (Å²) in [6.07, 6.45) is 0.927. The molecule has 0 saturated carbocycles. The minimum atomic E-state index is 0.0604. The van der Waals surface area contributed by atoms with Crippen molar-refractivity contribution in [3.05, 3.63) is 70.0 Å². The Morgan fingerprint density at radius 2 is 1.77 bits per heavy atom. The molecule has 0 radical (unpaired) electrons. The Kier molecular flexibility index (Phi) is 7.43. The van der Waals surface area contributed by atoms with Crippen molar-refractivity contribution < 1.29 is 4.74 Å². The normalized spacial score (nSPS) is 15.1. The summed E-state index contributed by atoms with van der Waals surface area (Å²) in [6.45, 7) is 9.61. The third kappa shape index (κ3) is 5.56. The Morgan fingerprint density at radius 1 is 1.03 bits per heavy atom. The molecule has 164 valence electrons. The van der Waals surface area contributed by atoms with E-state index >= 15 is 0 Å². The number of rotatable bonds is 8. The molecule has 0 atom stereocenters. The predicted octanol–water partition coefficient (Wildman–Crippen LogP) is 4.53. The van der Waals surface area contributed by atoms with Crippen LogP contribution in [0.15, 0.2) is 58.5 Å². The first-order chi connectivity index (χ1) is 15.1. The fourth-order valence-corrected chi connectivity index (χ4v) is 4.86. The van der Waals surface area contributed by atoms with Crippen LogP contribution in [0.25, 0.3) is 10.9 Å². The van der Waals surface area contributed by atoms with E-state index in [0.717, 1.165) is 55.7 Å². The molecule has 2 heterocycles. The Hall–Kier alpha value is -2.15. The van der Waals surface area contributed by atoms with Crippen molar-refractivity contribution in [3.63, 3.8) is 0 Å². The molecule has 5 nitrogen and oxygen atoms in total. The highest BCUT2D eigenvalue weighted by Crippen LogP contribution is 2.24. The largest absolute Gasteiger partial charge is 0.379 e. The van der Waals surface area contributed by atoms with Gasteiger partial charge in [0.15, 0.2) is 5.16 Å². The third-order valence-corrected chi connectivity index (χ3v) is 6.85. The molecule has 6 heteroatoms. The quantitative estimate of drug-likeness (QED) is 0.383. The van der Waals surface area contributed by atoms with E-state index in [1.54, 1.807) is 11.8 Å². The molecule has 1 fully saturated rings. The lowest BCUT2D eigenvalue weighted by molar-refractivity contribution is 0.0368. The van der Waals surface area contributed by atoms with Crippen LogP contribution >= 0.6 is 11.8 Å². The summed E-state index contributed by atoms with van der Waals surface area (Å²) in [5.41, 5.74) is 3.43. The standard InChI is InChI=1S/C25H31N3O2S/c1-19(2)21-10-8-20(9-11-21)18-31-25-26-23-7-4-3-6-22(23)24(29)28(25)13-5-12-27-14-16-30-17-15-27/h3-4,6-11,19H,5,12-18H2,1-2H3. The second-order valence-electron chi connectivity index (χ2n) is 8.36. The summed E-state index contributed by atoms with van der Waals surface area (Å²) in [4.78, 5) is 20.5. The molecule has 1 aromatic heterocycles. The van der Waals surface area contributed by atoms with Gasteiger partial charge in [-0.25, -0.2) is 4.98 Å². The van der Waals surface area contributed by atoms with E-state index in [4.69, 9.17) is 9.72 Å². The van der Waals surface area contributed by atoms with Gasteiger partial charge in [-0.15, -0.1) is 0 Å². The topological polar surface area (TPSA) is 47.4 Å². The van der Waals surface area contributed by atoms with Crippen LogP contribution in [-0.4, -0.2) is 47.3 Å². The van der Waals surface area contributed by atoms with Gasteiger partial charge >= 0.3 is 0 Å². The molecule has 4 rings (SSSR count). The lowest BCUT2D eigenvalue weighted by Crippen LogP contribution is -2.37. The van der Waals surface area contributed by atoms with E-state index in [0.29, 0.717) is 17.8 Å². The van der Waals surface area contributed by atoms with Gasteiger partial charge in [0.25, 0.3) is 5.56 Å².